The summed E-state index contributed by atoms with van der Waals surface area (Å²) in [6.45, 7) is 1.82. The maximum Gasteiger partial charge on any atom is 0.129 e. The molecule has 19 heavy (non-hydrogen) atoms. The first-order valence-corrected chi connectivity index (χ1v) is 6.23. The van der Waals surface area contributed by atoms with Gasteiger partial charge in [0.05, 0.1) is 5.60 Å². The molecule has 0 aliphatic heterocycles. The van der Waals surface area contributed by atoms with Crippen LogP contribution in [-0.4, -0.2) is 10.1 Å². The summed E-state index contributed by atoms with van der Waals surface area (Å²) in [6.07, 6.45) is 2.22. The lowest BCUT2D eigenvalue weighted by Gasteiger charge is -2.28. The van der Waals surface area contributed by atoms with Crippen LogP contribution in [0.25, 0.3) is 0 Å². The van der Waals surface area contributed by atoms with E-state index in [9.17, 15) is 9.50 Å². The summed E-state index contributed by atoms with van der Waals surface area (Å²) in [5.41, 5.74) is 5.52. The number of hydrogen-bond donors (Lipinski definition) is 2. The van der Waals surface area contributed by atoms with Gasteiger partial charge in [0.15, 0.2) is 0 Å². The highest BCUT2D eigenvalue weighted by Crippen LogP contribution is 2.32. The lowest BCUT2D eigenvalue weighted by atomic mass is 9.85. The molecule has 1 aromatic heterocycles. The molecule has 0 saturated heterocycles. The lowest BCUT2D eigenvalue weighted by Crippen LogP contribution is -2.29. The SMILES string of the molecule is CCC(O)(Cc1cccnc1N)c1ccccc1F. The van der Waals surface area contributed by atoms with E-state index >= 15 is 0 Å². The second-order valence-corrected chi connectivity index (χ2v) is 4.59. The fourth-order valence-corrected chi connectivity index (χ4v) is 2.16. The van der Waals surface area contributed by atoms with Crippen LogP contribution < -0.4 is 5.73 Å². The predicted molar refractivity (Wildman–Crippen MR) is 72.9 cm³/mol. The maximum atomic E-state index is 13.9. The first-order chi connectivity index (χ1) is 9.07. The number of nitrogens with zero attached hydrogens (tertiary/aromatic N) is 1. The van der Waals surface area contributed by atoms with Gasteiger partial charge in [0.25, 0.3) is 0 Å². The van der Waals surface area contributed by atoms with E-state index in [0.717, 1.165) is 5.56 Å². The molecule has 0 bridgehead atoms. The average molecular weight is 260 g/mol. The van der Waals surface area contributed by atoms with Crippen LogP contribution in [0.5, 0.6) is 0 Å². The second kappa shape index (κ2) is 5.36. The molecule has 3 N–H and O–H groups in total. The van der Waals surface area contributed by atoms with Gasteiger partial charge in [-0.2, -0.15) is 0 Å². The Balaban J connectivity index is 2.39. The van der Waals surface area contributed by atoms with Crippen molar-refractivity contribution in [2.45, 2.75) is 25.4 Å². The molecule has 0 radical (unpaired) electrons. The largest absolute Gasteiger partial charge is 0.385 e. The summed E-state index contributed by atoms with van der Waals surface area (Å²) in [5.74, 6) is -0.0416. The van der Waals surface area contributed by atoms with Gasteiger partial charge in [-0.3, -0.25) is 0 Å². The van der Waals surface area contributed by atoms with Crippen molar-refractivity contribution < 1.29 is 9.50 Å². The standard InChI is InChI=1S/C15H17FN2O/c1-2-15(19,12-7-3-4-8-13(12)16)10-11-6-5-9-18-14(11)17/h3-9,19H,2,10H2,1H3,(H2,17,18). The number of nitrogens with two attached hydrogens (primary N) is 1. The van der Waals surface area contributed by atoms with E-state index in [-0.39, 0.29) is 6.42 Å². The zero-order chi connectivity index (χ0) is 13.9. The molecule has 1 aromatic carbocycles. The third-order valence-corrected chi connectivity index (χ3v) is 3.37. The first-order valence-electron chi connectivity index (χ1n) is 6.23. The van der Waals surface area contributed by atoms with Gasteiger partial charge in [-0.25, -0.2) is 9.37 Å². The second-order valence-electron chi connectivity index (χ2n) is 4.59. The molecule has 100 valence electrons. The van der Waals surface area contributed by atoms with E-state index in [2.05, 4.69) is 4.98 Å². The molecule has 0 saturated carbocycles. The monoisotopic (exact) mass is 260 g/mol. The summed E-state index contributed by atoms with van der Waals surface area (Å²) in [7, 11) is 0. The first kappa shape index (κ1) is 13.5. The van der Waals surface area contributed by atoms with Crippen molar-refractivity contribution in [3.8, 4) is 0 Å². The number of anilines is 1. The minimum Gasteiger partial charge on any atom is -0.385 e. The van der Waals surface area contributed by atoms with Crippen molar-refractivity contribution in [2.24, 2.45) is 0 Å². The van der Waals surface area contributed by atoms with Crippen molar-refractivity contribution in [1.29, 1.82) is 0 Å². The highest BCUT2D eigenvalue weighted by Gasteiger charge is 2.31. The Kier molecular flexibility index (Phi) is 3.81. The summed E-state index contributed by atoms with van der Waals surface area (Å²) in [4.78, 5) is 3.99. The van der Waals surface area contributed by atoms with E-state index < -0.39 is 11.4 Å². The molecular formula is C15H17FN2O. The predicted octanol–water partition coefficient (Wildman–Crippen LogP) is 2.64. The van der Waals surface area contributed by atoms with Crippen LogP contribution in [0, 0.1) is 5.82 Å². The number of halogens is 1. The number of rotatable bonds is 4. The number of benzene rings is 1. The number of aromatic nitrogens is 1. The molecule has 4 heteroatoms. The normalized spacial score (nSPS) is 14.1. The van der Waals surface area contributed by atoms with Gasteiger partial charge in [0.2, 0.25) is 0 Å². The van der Waals surface area contributed by atoms with Gasteiger partial charge in [-0.1, -0.05) is 31.2 Å². The molecular weight excluding hydrogens is 243 g/mol. The highest BCUT2D eigenvalue weighted by atomic mass is 19.1. The molecule has 0 amide bonds. The third-order valence-electron chi connectivity index (χ3n) is 3.37. The Morgan fingerprint density at radius 2 is 2.00 bits per heavy atom. The summed E-state index contributed by atoms with van der Waals surface area (Å²) in [5, 5.41) is 10.7. The van der Waals surface area contributed by atoms with Gasteiger partial charge in [0, 0.05) is 18.2 Å². The molecule has 1 atom stereocenters. The molecule has 1 unspecified atom stereocenters. The molecule has 3 nitrogen and oxygen atoms in total. The summed E-state index contributed by atoms with van der Waals surface area (Å²) < 4.78 is 13.9. The smallest absolute Gasteiger partial charge is 0.129 e. The Hall–Kier alpha value is -1.94. The Morgan fingerprint density at radius 3 is 2.63 bits per heavy atom. The quantitative estimate of drug-likeness (QED) is 0.888. The molecule has 2 rings (SSSR count). The number of hydrogen-bond acceptors (Lipinski definition) is 3. The topological polar surface area (TPSA) is 59.1 Å². The average Bonchev–Trinajstić information content (AvgIpc) is 2.42. The van der Waals surface area contributed by atoms with E-state index in [1.807, 2.05) is 6.92 Å². The van der Waals surface area contributed by atoms with E-state index in [0.29, 0.717) is 17.8 Å². The fourth-order valence-electron chi connectivity index (χ4n) is 2.16. The van der Waals surface area contributed by atoms with Crippen LogP contribution in [0.3, 0.4) is 0 Å². The van der Waals surface area contributed by atoms with E-state index in [4.69, 9.17) is 5.73 Å². The molecule has 0 aliphatic rings. The third kappa shape index (κ3) is 2.74. The van der Waals surface area contributed by atoms with Crippen LogP contribution in [0.4, 0.5) is 10.2 Å². The Morgan fingerprint density at radius 1 is 1.26 bits per heavy atom. The molecule has 2 aromatic rings. The minimum atomic E-state index is -1.28. The Labute approximate surface area is 111 Å². The summed E-state index contributed by atoms with van der Waals surface area (Å²) in [6, 6.07) is 9.82. The fraction of sp³-hybridized carbons (Fsp3) is 0.267. The van der Waals surface area contributed by atoms with Crippen LogP contribution in [0.1, 0.15) is 24.5 Å². The maximum absolute atomic E-state index is 13.9. The van der Waals surface area contributed by atoms with Crippen molar-refractivity contribution >= 4 is 5.82 Å². The van der Waals surface area contributed by atoms with E-state index in [1.165, 1.54) is 6.07 Å². The highest BCUT2D eigenvalue weighted by molar-refractivity contribution is 5.40. The van der Waals surface area contributed by atoms with Gasteiger partial charge in [-0.15, -0.1) is 0 Å². The molecule has 0 aliphatic carbocycles. The van der Waals surface area contributed by atoms with Crippen molar-refractivity contribution in [3.05, 3.63) is 59.5 Å². The van der Waals surface area contributed by atoms with Crippen molar-refractivity contribution in [1.82, 2.24) is 4.98 Å². The van der Waals surface area contributed by atoms with Crippen molar-refractivity contribution in [3.63, 3.8) is 0 Å². The van der Waals surface area contributed by atoms with Gasteiger partial charge in [0.1, 0.15) is 11.6 Å². The van der Waals surface area contributed by atoms with Crippen LogP contribution >= 0.6 is 0 Å². The van der Waals surface area contributed by atoms with Crippen molar-refractivity contribution in [2.75, 3.05) is 5.73 Å². The minimum absolute atomic E-state index is 0.240. The number of pyridine rings is 1. The Bertz CT molecular complexity index is 574. The molecule has 1 heterocycles. The van der Waals surface area contributed by atoms with Gasteiger partial charge >= 0.3 is 0 Å². The van der Waals surface area contributed by atoms with Crippen LogP contribution in [-0.2, 0) is 12.0 Å². The van der Waals surface area contributed by atoms with Crippen LogP contribution in [0.15, 0.2) is 42.6 Å². The molecule has 0 fully saturated rings. The van der Waals surface area contributed by atoms with Crippen LogP contribution in [0.2, 0.25) is 0 Å². The number of aliphatic hydroxyl groups is 1. The number of nitrogen functional groups attached to an aromatic ring is 1. The lowest BCUT2D eigenvalue weighted by molar-refractivity contribution is 0.0292. The zero-order valence-corrected chi connectivity index (χ0v) is 10.8. The van der Waals surface area contributed by atoms with E-state index in [1.54, 1.807) is 36.5 Å². The van der Waals surface area contributed by atoms with Gasteiger partial charge < -0.3 is 10.8 Å². The summed E-state index contributed by atoms with van der Waals surface area (Å²) >= 11 is 0. The molecule has 0 spiro atoms. The zero-order valence-electron chi connectivity index (χ0n) is 10.8. The van der Waals surface area contributed by atoms with Gasteiger partial charge in [-0.05, 0) is 24.1 Å².